The molecule has 2 aromatic carbocycles. The van der Waals surface area contributed by atoms with Gasteiger partial charge in [-0.3, -0.25) is 5.32 Å². The number of benzene rings is 2. The molecule has 7 heteroatoms. The lowest BCUT2D eigenvalue weighted by molar-refractivity contribution is 0.262. The van der Waals surface area contributed by atoms with Crippen LogP contribution in [0, 0.1) is 0 Å². The van der Waals surface area contributed by atoms with Crippen LogP contribution in [0.5, 0.6) is 17.2 Å². The Morgan fingerprint density at radius 1 is 1.04 bits per heavy atom. The summed E-state index contributed by atoms with van der Waals surface area (Å²) in [5, 5.41) is 7.74. The highest BCUT2D eigenvalue weighted by atomic mass is 32.1. The van der Waals surface area contributed by atoms with E-state index in [1.54, 1.807) is 55.1 Å². The highest BCUT2D eigenvalue weighted by molar-refractivity contribution is 7.13. The number of anilines is 2. The molecule has 0 saturated carbocycles. The average Bonchev–Trinajstić information content (AvgIpc) is 3.10. The molecule has 2 amide bonds. The maximum Gasteiger partial charge on any atom is 0.325 e. The first-order valence-electron chi connectivity index (χ1n) is 7.13. The van der Waals surface area contributed by atoms with Gasteiger partial charge in [-0.15, -0.1) is 11.3 Å². The lowest BCUT2D eigenvalue weighted by atomic mass is 10.3. The van der Waals surface area contributed by atoms with Crippen molar-refractivity contribution in [2.75, 3.05) is 17.7 Å². The van der Waals surface area contributed by atoms with Gasteiger partial charge in [-0.05, 0) is 36.4 Å². The zero-order chi connectivity index (χ0) is 16.8. The van der Waals surface area contributed by atoms with Crippen molar-refractivity contribution < 1.29 is 14.3 Å². The molecule has 0 aliphatic rings. The van der Waals surface area contributed by atoms with E-state index in [0.717, 1.165) is 5.75 Å². The molecule has 2 N–H and O–H groups in total. The van der Waals surface area contributed by atoms with Crippen molar-refractivity contribution in [1.29, 1.82) is 0 Å². The average molecular weight is 341 g/mol. The first-order chi connectivity index (χ1) is 11.7. The van der Waals surface area contributed by atoms with Crippen molar-refractivity contribution in [3.63, 3.8) is 0 Å². The summed E-state index contributed by atoms with van der Waals surface area (Å²) in [6.07, 6.45) is 1.63. The topological polar surface area (TPSA) is 72.5 Å². The summed E-state index contributed by atoms with van der Waals surface area (Å²) >= 11 is 1.35. The number of hydrogen-bond acceptors (Lipinski definition) is 5. The maximum atomic E-state index is 12.0. The minimum atomic E-state index is -0.379. The van der Waals surface area contributed by atoms with Crippen LogP contribution in [0.2, 0.25) is 0 Å². The van der Waals surface area contributed by atoms with Crippen molar-refractivity contribution in [3.8, 4) is 17.2 Å². The van der Waals surface area contributed by atoms with Crippen molar-refractivity contribution in [3.05, 3.63) is 60.1 Å². The van der Waals surface area contributed by atoms with Crippen molar-refractivity contribution in [2.24, 2.45) is 0 Å². The number of rotatable bonds is 5. The Hall–Kier alpha value is -3.06. The third-order valence-electron chi connectivity index (χ3n) is 3.08. The Balaban J connectivity index is 1.71. The van der Waals surface area contributed by atoms with Gasteiger partial charge in [0.25, 0.3) is 0 Å². The maximum absolute atomic E-state index is 12.0. The summed E-state index contributed by atoms with van der Waals surface area (Å²) in [6, 6.07) is 14.0. The van der Waals surface area contributed by atoms with Gasteiger partial charge in [0.2, 0.25) is 0 Å². The van der Waals surface area contributed by atoms with Gasteiger partial charge < -0.3 is 14.8 Å². The Kier molecular flexibility index (Phi) is 4.93. The Morgan fingerprint density at radius 3 is 2.50 bits per heavy atom. The zero-order valence-corrected chi connectivity index (χ0v) is 13.7. The Labute approximate surface area is 143 Å². The van der Waals surface area contributed by atoms with Gasteiger partial charge in [0.15, 0.2) is 10.9 Å². The minimum absolute atomic E-state index is 0.379. The largest absolute Gasteiger partial charge is 0.497 e. The smallest absolute Gasteiger partial charge is 0.325 e. The number of ether oxygens (including phenoxy) is 2. The predicted octanol–water partition coefficient (Wildman–Crippen LogP) is 4.59. The fourth-order valence-electron chi connectivity index (χ4n) is 1.97. The van der Waals surface area contributed by atoms with E-state index < -0.39 is 0 Å². The number of nitrogens with zero attached hydrogens (tertiary/aromatic N) is 1. The molecule has 0 spiro atoms. The van der Waals surface area contributed by atoms with Crippen LogP contribution in [0.1, 0.15) is 0 Å². The summed E-state index contributed by atoms with van der Waals surface area (Å²) < 4.78 is 11.0. The van der Waals surface area contributed by atoms with Crippen molar-refractivity contribution in [2.45, 2.75) is 0 Å². The third kappa shape index (κ3) is 4.02. The fraction of sp³-hybridized carbons (Fsp3) is 0.0588. The van der Waals surface area contributed by atoms with E-state index in [4.69, 9.17) is 9.47 Å². The molecule has 0 fully saturated rings. The number of amides is 2. The van der Waals surface area contributed by atoms with Gasteiger partial charge in [0.1, 0.15) is 11.5 Å². The van der Waals surface area contributed by atoms with Gasteiger partial charge in [-0.2, -0.15) is 0 Å². The molecule has 1 aromatic heterocycles. The van der Waals surface area contributed by atoms with Crippen LogP contribution < -0.4 is 20.1 Å². The molecular formula is C17H15N3O3S. The molecule has 6 nitrogen and oxygen atoms in total. The molecular weight excluding hydrogens is 326 g/mol. The predicted molar refractivity (Wildman–Crippen MR) is 94.3 cm³/mol. The Bertz CT molecular complexity index is 804. The second-order valence-corrected chi connectivity index (χ2v) is 5.58. The lowest BCUT2D eigenvalue weighted by Gasteiger charge is -2.12. The highest BCUT2D eigenvalue weighted by Crippen LogP contribution is 2.30. The van der Waals surface area contributed by atoms with Crippen LogP contribution in [0.25, 0.3) is 0 Å². The monoisotopic (exact) mass is 341 g/mol. The van der Waals surface area contributed by atoms with Gasteiger partial charge >= 0.3 is 6.03 Å². The number of carbonyl (C=O) groups excluding carboxylic acids is 1. The molecule has 0 unspecified atom stereocenters. The highest BCUT2D eigenvalue weighted by Gasteiger charge is 2.09. The van der Waals surface area contributed by atoms with Gasteiger partial charge in [0, 0.05) is 11.6 Å². The molecule has 3 aromatic rings. The van der Waals surface area contributed by atoms with E-state index in [1.807, 2.05) is 12.1 Å². The summed E-state index contributed by atoms with van der Waals surface area (Å²) in [5.41, 5.74) is 0.558. The van der Waals surface area contributed by atoms with E-state index in [0.29, 0.717) is 22.3 Å². The van der Waals surface area contributed by atoms with Crippen LogP contribution in [0.15, 0.2) is 60.1 Å². The molecule has 0 aliphatic heterocycles. The van der Waals surface area contributed by atoms with Crippen LogP contribution in [-0.2, 0) is 0 Å². The zero-order valence-electron chi connectivity index (χ0n) is 12.9. The molecule has 0 atom stereocenters. The molecule has 0 saturated heterocycles. The number of para-hydroxylation sites is 2. The summed E-state index contributed by atoms with van der Waals surface area (Å²) in [4.78, 5) is 16.0. The first kappa shape index (κ1) is 15.8. The number of thiazole rings is 1. The molecule has 0 radical (unpaired) electrons. The summed E-state index contributed by atoms with van der Waals surface area (Å²) in [7, 11) is 1.61. The molecule has 0 aliphatic carbocycles. The quantitative estimate of drug-likeness (QED) is 0.712. The van der Waals surface area contributed by atoms with Crippen molar-refractivity contribution in [1.82, 2.24) is 4.98 Å². The number of carbonyl (C=O) groups is 1. The molecule has 0 bridgehead atoms. The summed E-state index contributed by atoms with van der Waals surface area (Å²) in [5.74, 6) is 1.93. The fourth-order valence-corrected chi connectivity index (χ4v) is 2.49. The molecule has 1 heterocycles. The van der Waals surface area contributed by atoms with Crippen LogP contribution in [-0.4, -0.2) is 18.1 Å². The number of nitrogens with one attached hydrogen (secondary N) is 2. The summed E-state index contributed by atoms with van der Waals surface area (Å²) in [6.45, 7) is 0. The van der Waals surface area contributed by atoms with Crippen LogP contribution in [0.4, 0.5) is 15.6 Å². The van der Waals surface area contributed by atoms with Gasteiger partial charge in [-0.1, -0.05) is 12.1 Å². The second-order valence-electron chi connectivity index (χ2n) is 4.69. The van der Waals surface area contributed by atoms with Gasteiger partial charge in [0.05, 0.1) is 12.8 Å². The first-order valence-corrected chi connectivity index (χ1v) is 8.01. The van der Waals surface area contributed by atoms with E-state index in [9.17, 15) is 4.79 Å². The van der Waals surface area contributed by atoms with E-state index >= 15 is 0 Å². The standard InChI is InChI=1S/C17H15N3O3S/c1-22-12-6-8-13(9-7-12)23-15-5-3-2-4-14(15)19-16(21)20-17-18-10-11-24-17/h2-11H,1H3,(H2,18,19,20,21). The van der Waals surface area contributed by atoms with Crippen LogP contribution in [0.3, 0.4) is 0 Å². The molecule has 24 heavy (non-hydrogen) atoms. The number of aromatic nitrogens is 1. The van der Waals surface area contributed by atoms with E-state index in [1.165, 1.54) is 11.3 Å². The number of urea groups is 1. The molecule has 122 valence electrons. The normalized spacial score (nSPS) is 10.0. The van der Waals surface area contributed by atoms with Crippen molar-refractivity contribution >= 4 is 28.2 Å². The Morgan fingerprint density at radius 2 is 1.79 bits per heavy atom. The number of methoxy groups -OCH3 is 1. The second kappa shape index (κ2) is 7.47. The van der Waals surface area contributed by atoms with E-state index in [-0.39, 0.29) is 6.03 Å². The SMILES string of the molecule is COc1ccc(Oc2ccccc2NC(=O)Nc2nccs2)cc1. The van der Waals surface area contributed by atoms with Gasteiger partial charge in [-0.25, -0.2) is 9.78 Å². The van der Waals surface area contributed by atoms with E-state index in [2.05, 4.69) is 15.6 Å². The number of hydrogen-bond donors (Lipinski definition) is 2. The van der Waals surface area contributed by atoms with Crippen LogP contribution >= 0.6 is 11.3 Å². The third-order valence-corrected chi connectivity index (χ3v) is 3.76. The lowest BCUT2D eigenvalue weighted by Crippen LogP contribution is -2.19. The minimum Gasteiger partial charge on any atom is -0.497 e. The molecule has 3 rings (SSSR count).